The van der Waals surface area contributed by atoms with Crippen LogP contribution in [0.15, 0.2) is 200 Å². The molecule has 0 aromatic heterocycles. The molecule has 0 saturated carbocycles. The second-order valence-corrected chi connectivity index (χ2v) is 27.4. The zero-order chi connectivity index (χ0) is 64.4. The molecule has 452 valence electrons. The molecular formula is C90H87N. The van der Waals surface area contributed by atoms with Crippen LogP contribution in [0.5, 0.6) is 0 Å². The Morgan fingerprint density at radius 2 is 0.275 bits per heavy atom. The van der Waals surface area contributed by atoms with Crippen molar-refractivity contribution in [1.82, 2.24) is 0 Å². The third-order valence-electron chi connectivity index (χ3n) is 18.4. The van der Waals surface area contributed by atoms with Crippen LogP contribution in [0.2, 0.25) is 0 Å². The summed E-state index contributed by atoms with van der Waals surface area (Å²) in [7, 11) is 0. The Hall–Kier alpha value is -9.56. The third kappa shape index (κ3) is 13.1. The lowest BCUT2D eigenvalue weighted by Crippen LogP contribution is -2.15. The van der Waals surface area contributed by atoms with E-state index in [1.165, 1.54) is 200 Å². The van der Waals surface area contributed by atoms with Crippen molar-refractivity contribution in [2.45, 2.75) is 125 Å². The molecule has 0 atom stereocenters. The van der Waals surface area contributed by atoms with Gasteiger partial charge < -0.3 is 4.90 Å². The molecule has 0 heterocycles. The van der Waals surface area contributed by atoms with Gasteiger partial charge in [-0.2, -0.15) is 0 Å². The van der Waals surface area contributed by atoms with E-state index in [0.29, 0.717) is 0 Å². The standard InChI is InChI=1S/C90H87N/c1-52-19-53(2)26-70(25-52)76-43-77(71-27-54(3)20-55(4)28-71)47-82(46-76)85-37-67(16)88(40-64(85)13)91(89-41-65(14)86(38-68(89)17)83-48-78(72-29-56(5)21-57(6)30-72)44-79(49-83)73-31-58(7)22-59(8)32-73)90-42-66(15)87(39-69(90)18)84-50-80(74-33-60(9)23-61(10)34-74)45-81(51-84)75-35-62(11)24-63(12)36-75/h19-51H,1-18H3. The van der Waals surface area contributed by atoms with E-state index in [0.717, 1.165) is 17.1 Å². The first-order valence-electron chi connectivity index (χ1n) is 32.5. The molecule has 12 rings (SSSR count). The van der Waals surface area contributed by atoms with Gasteiger partial charge in [0.1, 0.15) is 0 Å². The van der Waals surface area contributed by atoms with E-state index < -0.39 is 0 Å². The van der Waals surface area contributed by atoms with Crippen molar-refractivity contribution < 1.29 is 0 Å². The lowest BCUT2D eigenvalue weighted by atomic mass is 9.88. The number of aryl methyl sites for hydroxylation is 18. The summed E-state index contributed by atoms with van der Waals surface area (Å²) < 4.78 is 0. The number of anilines is 3. The quantitative estimate of drug-likeness (QED) is 0.118. The fourth-order valence-electron chi connectivity index (χ4n) is 14.6. The molecule has 12 aromatic carbocycles. The van der Waals surface area contributed by atoms with Crippen molar-refractivity contribution in [3.8, 4) is 100 Å². The Kier molecular flexibility index (Phi) is 16.7. The molecule has 0 aliphatic heterocycles. The highest BCUT2D eigenvalue weighted by atomic mass is 15.1. The van der Waals surface area contributed by atoms with Gasteiger partial charge in [0.05, 0.1) is 0 Å². The fraction of sp³-hybridized carbons (Fsp3) is 0.200. The molecule has 0 saturated heterocycles. The van der Waals surface area contributed by atoms with Crippen LogP contribution in [0.3, 0.4) is 0 Å². The average Bonchev–Trinajstić information content (AvgIpc) is 0.791. The summed E-state index contributed by atoms with van der Waals surface area (Å²) in [6.07, 6.45) is 0. The van der Waals surface area contributed by atoms with Gasteiger partial charge in [0, 0.05) is 17.1 Å². The molecule has 1 nitrogen and oxygen atoms in total. The highest BCUT2D eigenvalue weighted by molar-refractivity contribution is 5.92. The van der Waals surface area contributed by atoms with E-state index in [-0.39, 0.29) is 0 Å². The average molecular weight is 1180 g/mol. The molecule has 0 spiro atoms. The van der Waals surface area contributed by atoms with Crippen LogP contribution < -0.4 is 4.90 Å². The molecule has 12 aromatic rings. The normalized spacial score (nSPS) is 11.4. The first-order valence-corrected chi connectivity index (χ1v) is 32.5. The van der Waals surface area contributed by atoms with Crippen molar-refractivity contribution in [1.29, 1.82) is 0 Å². The maximum absolute atomic E-state index is 2.58. The van der Waals surface area contributed by atoms with Gasteiger partial charge in [-0.05, 0) is 349 Å². The summed E-state index contributed by atoms with van der Waals surface area (Å²) >= 11 is 0. The van der Waals surface area contributed by atoms with Crippen LogP contribution in [0.25, 0.3) is 100 Å². The molecule has 1 heteroatoms. The van der Waals surface area contributed by atoms with Crippen molar-refractivity contribution in [2.75, 3.05) is 4.90 Å². The minimum atomic E-state index is 1.16. The topological polar surface area (TPSA) is 3.24 Å². The maximum Gasteiger partial charge on any atom is 0.0494 e. The van der Waals surface area contributed by atoms with Gasteiger partial charge in [-0.25, -0.2) is 0 Å². The number of hydrogen-bond donors (Lipinski definition) is 0. The van der Waals surface area contributed by atoms with Crippen LogP contribution in [0, 0.1) is 125 Å². The van der Waals surface area contributed by atoms with Crippen LogP contribution >= 0.6 is 0 Å². The molecule has 0 fully saturated rings. The summed E-state index contributed by atoms with van der Waals surface area (Å²) in [5.41, 5.74) is 48.0. The Morgan fingerprint density at radius 1 is 0.132 bits per heavy atom. The van der Waals surface area contributed by atoms with Gasteiger partial charge in [-0.3, -0.25) is 0 Å². The largest absolute Gasteiger partial charge is 0.310 e. The molecule has 0 aliphatic rings. The van der Waals surface area contributed by atoms with Gasteiger partial charge in [0.25, 0.3) is 0 Å². The summed E-state index contributed by atoms with van der Waals surface area (Å²) in [5, 5.41) is 0. The number of nitrogens with zero attached hydrogens (tertiary/aromatic N) is 1. The van der Waals surface area contributed by atoms with Gasteiger partial charge in [-0.1, -0.05) is 176 Å². The summed E-state index contributed by atoms with van der Waals surface area (Å²) in [4.78, 5) is 2.58. The molecule has 0 unspecified atom stereocenters. The molecule has 0 bridgehead atoms. The Morgan fingerprint density at radius 3 is 0.440 bits per heavy atom. The lowest BCUT2D eigenvalue weighted by molar-refractivity contribution is 1.18. The van der Waals surface area contributed by atoms with E-state index in [9.17, 15) is 0 Å². The predicted molar refractivity (Wildman–Crippen MR) is 395 cm³/mol. The number of hydrogen-bond acceptors (Lipinski definition) is 1. The van der Waals surface area contributed by atoms with E-state index in [1.54, 1.807) is 0 Å². The third-order valence-corrected chi connectivity index (χ3v) is 18.4. The van der Waals surface area contributed by atoms with Crippen LogP contribution in [-0.4, -0.2) is 0 Å². The van der Waals surface area contributed by atoms with E-state index >= 15 is 0 Å². The lowest BCUT2D eigenvalue weighted by Gasteiger charge is -2.32. The summed E-state index contributed by atoms with van der Waals surface area (Å²) in [6.45, 7) is 40.4. The molecule has 0 N–H and O–H groups in total. The van der Waals surface area contributed by atoms with E-state index in [1.807, 2.05) is 0 Å². The highest BCUT2D eigenvalue weighted by Gasteiger charge is 2.25. The van der Waals surface area contributed by atoms with E-state index in [2.05, 4.69) is 330 Å². The smallest absolute Gasteiger partial charge is 0.0494 e. The van der Waals surface area contributed by atoms with Gasteiger partial charge in [0.15, 0.2) is 0 Å². The van der Waals surface area contributed by atoms with Crippen molar-refractivity contribution in [3.63, 3.8) is 0 Å². The number of benzene rings is 12. The Balaban J connectivity index is 1.06. The molecule has 0 aliphatic carbocycles. The first-order chi connectivity index (χ1) is 43.3. The minimum Gasteiger partial charge on any atom is -0.310 e. The zero-order valence-electron chi connectivity index (χ0n) is 57.0. The highest BCUT2D eigenvalue weighted by Crippen LogP contribution is 2.48. The van der Waals surface area contributed by atoms with Gasteiger partial charge in [-0.15, -0.1) is 0 Å². The number of rotatable bonds is 12. The monoisotopic (exact) mass is 1180 g/mol. The Labute approximate surface area is 543 Å². The van der Waals surface area contributed by atoms with Crippen LogP contribution in [-0.2, 0) is 0 Å². The second kappa shape index (κ2) is 24.7. The molecular weight excluding hydrogens is 1090 g/mol. The predicted octanol–water partition coefficient (Wildman–Crippen LogP) is 25.7. The van der Waals surface area contributed by atoms with Gasteiger partial charge in [0.2, 0.25) is 0 Å². The maximum atomic E-state index is 2.58. The molecule has 91 heavy (non-hydrogen) atoms. The first kappa shape index (κ1) is 61.7. The van der Waals surface area contributed by atoms with Crippen molar-refractivity contribution >= 4 is 17.1 Å². The minimum absolute atomic E-state index is 1.16. The van der Waals surface area contributed by atoms with Crippen molar-refractivity contribution in [2.24, 2.45) is 0 Å². The molecule has 0 amide bonds. The van der Waals surface area contributed by atoms with Crippen LogP contribution in [0.1, 0.15) is 100 Å². The summed E-state index contributed by atoms with van der Waals surface area (Å²) in [6, 6.07) is 78.0. The summed E-state index contributed by atoms with van der Waals surface area (Å²) in [5.74, 6) is 0. The zero-order valence-corrected chi connectivity index (χ0v) is 57.0. The molecule has 0 radical (unpaired) electrons. The van der Waals surface area contributed by atoms with Gasteiger partial charge >= 0.3 is 0 Å². The Bertz CT molecular complexity index is 4080. The fourth-order valence-corrected chi connectivity index (χ4v) is 14.6. The van der Waals surface area contributed by atoms with Crippen molar-refractivity contribution in [3.05, 3.63) is 300 Å². The van der Waals surface area contributed by atoms with E-state index in [4.69, 9.17) is 0 Å². The van der Waals surface area contributed by atoms with Crippen LogP contribution in [0.4, 0.5) is 17.1 Å². The SMILES string of the molecule is Cc1cc(C)cc(-c2cc(-c3cc(C)cc(C)c3)cc(-c3cc(C)c(N(c4cc(C)c(-c5cc(-c6cc(C)cc(C)c6)cc(-c6cc(C)cc(C)c6)c5)cc4C)c4cc(C)c(-c5cc(-c6cc(C)cc(C)c6)cc(-c6cc(C)cc(C)c6)c5)cc4C)cc3C)c2)c1. The second-order valence-electron chi connectivity index (χ2n) is 27.4.